The summed E-state index contributed by atoms with van der Waals surface area (Å²) in [6, 6.07) is 10.2. The molecule has 0 bridgehead atoms. The lowest BCUT2D eigenvalue weighted by Gasteiger charge is -2.33. The molecule has 32 heavy (non-hydrogen) atoms. The van der Waals surface area contributed by atoms with Crippen molar-refractivity contribution in [1.29, 1.82) is 0 Å². The van der Waals surface area contributed by atoms with E-state index in [1.165, 1.54) is 12.0 Å². The van der Waals surface area contributed by atoms with Crippen molar-refractivity contribution in [3.8, 4) is 5.75 Å². The molecule has 0 aliphatic carbocycles. The molecular weight excluding hydrogens is 410 g/mol. The molecule has 0 aromatic heterocycles. The molecule has 2 heterocycles. The van der Waals surface area contributed by atoms with E-state index in [-0.39, 0.29) is 13.2 Å². The summed E-state index contributed by atoms with van der Waals surface area (Å²) < 4.78 is 10.6. The van der Waals surface area contributed by atoms with Crippen molar-refractivity contribution < 1.29 is 23.9 Å². The minimum atomic E-state index is -0.622. The second kappa shape index (κ2) is 8.37. The fourth-order valence-electron chi connectivity index (χ4n) is 4.04. The van der Waals surface area contributed by atoms with Crippen molar-refractivity contribution in [3.05, 3.63) is 69.9 Å². The van der Waals surface area contributed by atoms with Gasteiger partial charge < -0.3 is 20.1 Å². The summed E-state index contributed by atoms with van der Waals surface area (Å²) >= 11 is 0. The molecule has 2 aliphatic heterocycles. The molecule has 2 aliphatic rings. The predicted octanol–water partition coefficient (Wildman–Crippen LogP) is 3.14. The van der Waals surface area contributed by atoms with Crippen LogP contribution in [0.4, 0.5) is 10.5 Å². The van der Waals surface area contributed by atoms with E-state index in [1.54, 1.807) is 12.1 Å². The third kappa shape index (κ3) is 3.91. The summed E-state index contributed by atoms with van der Waals surface area (Å²) in [6.07, 6.45) is 0. The molecule has 2 N–H and O–H groups in total. The Labute approximate surface area is 186 Å². The van der Waals surface area contributed by atoms with Crippen LogP contribution in [0.15, 0.2) is 47.7 Å². The summed E-state index contributed by atoms with van der Waals surface area (Å²) in [5.74, 6) is -0.390. The molecule has 2 aromatic rings. The van der Waals surface area contributed by atoms with E-state index >= 15 is 0 Å². The lowest BCUT2D eigenvalue weighted by molar-refractivity contribution is -0.136. The Morgan fingerprint density at radius 1 is 1.16 bits per heavy atom. The van der Waals surface area contributed by atoms with Crippen molar-refractivity contribution in [2.24, 2.45) is 0 Å². The molecular formula is C24H25N3O5. The zero-order chi connectivity index (χ0) is 23.0. The zero-order valence-corrected chi connectivity index (χ0v) is 18.4. The fraction of sp³-hybridized carbons (Fsp3) is 0.292. The maximum atomic E-state index is 13.0. The maximum Gasteiger partial charge on any atom is 0.338 e. The van der Waals surface area contributed by atoms with Crippen LogP contribution >= 0.6 is 0 Å². The van der Waals surface area contributed by atoms with Crippen LogP contribution in [0.1, 0.15) is 28.3 Å². The number of esters is 1. The molecule has 8 nitrogen and oxygen atoms in total. The number of aryl methyl sites for hydroxylation is 3. The van der Waals surface area contributed by atoms with Crippen molar-refractivity contribution in [1.82, 2.24) is 10.2 Å². The molecule has 0 saturated heterocycles. The third-order valence-corrected chi connectivity index (χ3v) is 5.67. The highest BCUT2D eigenvalue weighted by Gasteiger charge is 2.43. The zero-order valence-electron chi connectivity index (χ0n) is 18.4. The second-order valence-corrected chi connectivity index (χ2v) is 8.02. The normalized spacial score (nSPS) is 17.6. The molecule has 8 heteroatoms. The second-order valence-electron chi connectivity index (χ2n) is 8.02. The maximum absolute atomic E-state index is 13.0. The van der Waals surface area contributed by atoms with Gasteiger partial charge in [0.05, 0.1) is 30.1 Å². The molecule has 4 rings (SSSR count). The smallest absolute Gasteiger partial charge is 0.338 e. The average molecular weight is 435 g/mol. The summed E-state index contributed by atoms with van der Waals surface area (Å²) in [7, 11) is 1.52. The Bertz CT molecular complexity index is 1150. The minimum Gasteiger partial charge on any atom is -0.495 e. The van der Waals surface area contributed by atoms with Gasteiger partial charge in [0.25, 0.3) is 0 Å². The Morgan fingerprint density at radius 3 is 2.62 bits per heavy atom. The highest BCUT2D eigenvalue weighted by Crippen LogP contribution is 2.36. The van der Waals surface area contributed by atoms with Crippen LogP contribution in [0, 0.1) is 20.8 Å². The molecule has 1 atom stereocenters. The van der Waals surface area contributed by atoms with E-state index in [9.17, 15) is 14.4 Å². The van der Waals surface area contributed by atoms with Gasteiger partial charge in [-0.2, -0.15) is 0 Å². The van der Waals surface area contributed by atoms with Crippen LogP contribution in [0.3, 0.4) is 0 Å². The van der Waals surface area contributed by atoms with Gasteiger partial charge in [0.1, 0.15) is 18.9 Å². The van der Waals surface area contributed by atoms with Gasteiger partial charge in [-0.15, -0.1) is 0 Å². The first-order chi connectivity index (χ1) is 15.3. The number of nitrogens with zero attached hydrogens (tertiary/aromatic N) is 1. The van der Waals surface area contributed by atoms with Crippen molar-refractivity contribution in [3.63, 3.8) is 0 Å². The molecule has 0 spiro atoms. The number of methoxy groups -OCH3 is 1. The standard InChI is InChI=1S/C24H25N3O5/c1-13-5-7-15(3)16(9-13)22-21-18(12-32-23(21)29)27(24(30)26-22)11-20(28)25-17-10-14(2)6-8-19(17)31-4/h5-10,22H,11-12H2,1-4H3,(H,25,28)(H,26,30). The van der Waals surface area contributed by atoms with Crippen LogP contribution in [0.2, 0.25) is 0 Å². The Morgan fingerprint density at radius 2 is 1.88 bits per heavy atom. The molecule has 0 radical (unpaired) electrons. The number of amides is 3. The number of anilines is 1. The number of carbonyl (C=O) groups is 3. The summed E-state index contributed by atoms with van der Waals surface area (Å²) in [5.41, 5.74) is 5.03. The quantitative estimate of drug-likeness (QED) is 0.704. The van der Waals surface area contributed by atoms with Crippen LogP contribution in [-0.2, 0) is 14.3 Å². The topological polar surface area (TPSA) is 97.0 Å². The number of benzene rings is 2. The molecule has 166 valence electrons. The minimum absolute atomic E-state index is 0.0516. The number of carbonyl (C=O) groups excluding carboxylic acids is 3. The Hall–Kier alpha value is -3.81. The van der Waals surface area contributed by atoms with Crippen molar-refractivity contribution in [2.75, 3.05) is 25.6 Å². The highest BCUT2D eigenvalue weighted by atomic mass is 16.5. The van der Waals surface area contributed by atoms with Crippen molar-refractivity contribution in [2.45, 2.75) is 26.8 Å². The molecule has 1 unspecified atom stereocenters. The van der Waals surface area contributed by atoms with E-state index in [0.717, 1.165) is 22.3 Å². The number of urea groups is 1. The number of hydrogen-bond acceptors (Lipinski definition) is 5. The lowest BCUT2D eigenvalue weighted by Crippen LogP contribution is -2.49. The first kappa shape index (κ1) is 21.4. The molecule has 0 fully saturated rings. The number of nitrogens with one attached hydrogen (secondary N) is 2. The van der Waals surface area contributed by atoms with Gasteiger partial charge in [-0.3, -0.25) is 9.69 Å². The van der Waals surface area contributed by atoms with Crippen LogP contribution < -0.4 is 15.4 Å². The Balaban J connectivity index is 1.63. The highest BCUT2D eigenvalue weighted by molar-refractivity contribution is 6.00. The summed E-state index contributed by atoms with van der Waals surface area (Å²) in [5, 5.41) is 5.66. The van der Waals surface area contributed by atoms with Crippen LogP contribution in [0.25, 0.3) is 0 Å². The van der Waals surface area contributed by atoms with Crippen molar-refractivity contribution >= 4 is 23.6 Å². The van der Waals surface area contributed by atoms with Gasteiger partial charge in [-0.25, -0.2) is 9.59 Å². The molecule has 2 aromatic carbocycles. The SMILES string of the molecule is COc1ccc(C)cc1NC(=O)CN1C(=O)NC(c2cc(C)ccc2C)C2=C1COC2=O. The molecule has 3 amide bonds. The first-order valence-electron chi connectivity index (χ1n) is 10.3. The monoisotopic (exact) mass is 435 g/mol. The van der Waals surface area contributed by atoms with Gasteiger partial charge in [0, 0.05) is 0 Å². The predicted molar refractivity (Wildman–Crippen MR) is 118 cm³/mol. The van der Waals surface area contributed by atoms with Gasteiger partial charge in [-0.05, 0) is 49.6 Å². The van der Waals surface area contributed by atoms with Crippen LogP contribution in [0.5, 0.6) is 5.75 Å². The van der Waals surface area contributed by atoms with Gasteiger partial charge in [0.15, 0.2) is 0 Å². The number of hydrogen-bond donors (Lipinski definition) is 2. The summed E-state index contributed by atoms with van der Waals surface area (Å²) in [4.78, 5) is 39.6. The van der Waals surface area contributed by atoms with E-state index < -0.39 is 23.9 Å². The number of ether oxygens (including phenoxy) is 2. The third-order valence-electron chi connectivity index (χ3n) is 5.67. The van der Waals surface area contributed by atoms with Gasteiger partial charge in [-0.1, -0.05) is 29.8 Å². The average Bonchev–Trinajstić information content (AvgIpc) is 3.13. The van der Waals surface area contributed by atoms with Gasteiger partial charge >= 0.3 is 12.0 Å². The van der Waals surface area contributed by atoms with E-state index in [0.29, 0.717) is 22.7 Å². The van der Waals surface area contributed by atoms with E-state index in [1.807, 2.05) is 45.0 Å². The van der Waals surface area contributed by atoms with E-state index in [2.05, 4.69) is 10.6 Å². The lowest BCUT2D eigenvalue weighted by atomic mass is 9.91. The van der Waals surface area contributed by atoms with E-state index in [4.69, 9.17) is 9.47 Å². The van der Waals surface area contributed by atoms with Gasteiger partial charge in [0.2, 0.25) is 5.91 Å². The first-order valence-corrected chi connectivity index (χ1v) is 10.3. The Kier molecular flexibility index (Phi) is 5.61. The van der Waals surface area contributed by atoms with Crippen LogP contribution in [-0.4, -0.2) is 43.1 Å². The summed E-state index contributed by atoms with van der Waals surface area (Å²) in [6.45, 7) is 5.46. The number of cyclic esters (lactones) is 1. The molecule has 0 saturated carbocycles. The largest absolute Gasteiger partial charge is 0.495 e. The fourth-order valence-corrected chi connectivity index (χ4v) is 4.04. The number of rotatable bonds is 5.